The first-order valence-corrected chi connectivity index (χ1v) is 7.26. The van der Waals surface area contributed by atoms with Crippen molar-refractivity contribution in [3.05, 3.63) is 0 Å². The second-order valence-corrected chi connectivity index (χ2v) is 5.76. The summed E-state index contributed by atoms with van der Waals surface area (Å²) in [7, 11) is 0. The number of nitrogens with one attached hydrogen (secondary N) is 1. The van der Waals surface area contributed by atoms with Crippen molar-refractivity contribution in [2.75, 3.05) is 6.54 Å². The Morgan fingerprint density at radius 1 is 1.19 bits per heavy atom. The van der Waals surface area contributed by atoms with E-state index in [4.69, 9.17) is 0 Å². The number of nitrogens with zero attached hydrogens (tertiary/aromatic N) is 1. The molecule has 0 aliphatic carbocycles. The highest BCUT2D eigenvalue weighted by Crippen LogP contribution is 2.31. The molecule has 3 atom stereocenters. The van der Waals surface area contributed by atoms with Gasteiger partial charge in [-0.15, -0.1) is 0 Å². The van der Waals surface area contributed by atoms with Crippen molar-refractivity contribution in [3.8, 4) is 0 Å². The highest BCUT2D eigenvalue weighted by Gasteiger charge is 2.36. The maximum absolute atomic E-state index is 3.75. The largest absolute Gasteiger partial charge is 0.311 e. The first-order chi connectivity index (χ1) is 7.74. The van der Waals surface area contributed by atoms with Crippen LogP contribution in [0, 0.1) is 0 Å². The molecule has 0 aromatic rings. The van der Waals surface area contributed by atoms with E-state index in [-0.39, 0.29) is 0 Å². The molecule has 2 saturated heterocycles. The van der Waals surface area contributed by atoms with E-state index in [1.165, 1.54) is 45.1 Å². The summed E-state index contributed by atoms with van der Waals surface area (Å²) < 4.78 is 0. The number of hydrogen-bond acceptors (Lipinski definition) is 2. The van der Waals surface area contributed by atoms with Gasteiger partial charge in [0.2, 0.25) is 0 Å². The third-order valence-electron chi connectivity index (χ3n) is 4.56. The van der Waals surface area contributed by atoms with Gasteiger partial charge in [-0.05, 0) is 52.0 Å². The molecule has 0 spiro atoms. The summed E-state index contributed by atoms with van der Waals surface area (Å²) in [6, 6.07) is 3.27. The van der Waals surface area contributed by atoms with Crippen LogP contribution in [0.2, 0.25) is 0 Å². The number of hydrogen-bond donors (Lipinski definition) is 1. The molecule has 94 valence electrons. The molecular formula is C14H28N2. The Balaban J connectivity index is 1.97. The lowest BCUT2D eigenvalue weighted by Crippen LogP contribution is -2.51. The van der Waals surface area contributed by atoms with Crippen LogP contribution < -0.4 is 5.32 Å². The number of rotatable bonds is 5. The zero-order valence-electron chi connectivity index (χ0n) is 11.2. The van der Waals surface area contributed by atoms with Crippen LogP contribution >= 0.6 is 0 Å². The van der Waals surface area contributed by atoms with Gasteiger partial charge in [-0.25, -0.2) is 0 Å². The van der Waals surface area contributed by atoms with Crippen LogP contribution in [0.25, 0.3) is 0 Å². The second kappa shape index (κ2) is 5.50. The predicted octanol–water partition coefficient (Wildman–Crippen LogP) is 2.78. The van der Waals surface area contributed by atoms with Gasteiger partial charge in [0, 0.05) is 24.2 Å². The molecule has 3 unspecified atom stereocenters. The minimum absolute atomic E-state index is 0.766. The average molecular weight is 224 g/mol. The van der Waals surface area contributed by atoms with Gasteiger partial charge in [0.1, 0.15) is 0 Å². The van der Waals surface area contributed by atoms with Gasteiger partial charge >= 0.3 is 0 Å². The summed E-state index contributed by atoms with van der Waals surface area (Å²) in [5, 5.41) is 3.75. The lowest BCUT2D eigenvalue weighted by atomic mass is 9.96. The predicted molar refractivity (Wildman–Crippen MR) is 69.7 cm³/mol. The van der Waals surface area contributed by atoms with Crippen molar-refractivity contribution in [1.82, 2.24) is 10.2 Å². The van der Waals surface area contributed by atoms with Crippen LogP contribution in [0.4, 0.5) is 0 Å². The highest BCUT2D eigenvalue weighted by molar-refractivity contribution is 4.96. The molecule has 2 bridgehead atoms. The minimum atomic E-state index is 0.766. The standard InChI is InChI=1S/C14H28N2/c1-4-8-16(11(3)5-2)14-9-12-6-7-13(10-14)15-12/h11-15H,4-10H2,1-3H3. The Hall–Kier alpha value is -0.0800. The Bertz CT molecular complexity index is 205. The minimum Gasteiger partial charge on any atom is -0.311 e. The molecular weight excluding hydrogens is 196 g/mol. The SMILES string of the molecule is CCCN(C(C)CC)C1CC2CCC(C1)N2. The first kappa shape index (κ1) is 12.4. The van der Waals surface area contributed by atoms with Crippen LogP contribution in [-0.4, -0.2) is 35.6 Å². The fourth-order valence-electron chi connectivity index (χ4n) is 3.55. The summed E-state index contributed by atoms with van der Waals surface area (Å²) in [4.78, 5) is 2.78. The Kier molecular flexibility index (Phi) is 4.26. The third-order valence-corrected chi connectivity index (χ3v) is 4.56. The second-order valence-electron chi connectivity index (χ2n) is 5.76. The molecule has 2 aliphatic heterocycles. The van der Waals surface area contributed by atoms with Gasteiger partial charge in [-0.3, -0.25) is 4.90 Å². The van der Waals surface area contributed by atoms with Crippen molar-refractivity contribution < 1.29 is 0 Å². The summed E-state index contributed by atoms with van der Waals surface area (Å²) in [6.45, 7) is 8.33. The lowest BCUT2D eigenvalue weighted by molar-refractivity contribution is 0.0991. The molecule has 0 aromatic heterocycles. The molecule has 2 heterocycles. The van der Waals surface area contributed by atoms with Gasteiger partial charge in [-0.2, -0.15) is 0 Å². The molecule has 0 radical (unpaired) electrons. The number of fused-ring (bicyclic) bond motifs is 2. The van der Waals surface area contributed by atoms with Crippen LogP contribution in [0.5, 0.6) is 0 Å². The van der Waals surface area contributed by atoms with Crippen molar-refractivity contribution >= 4 is 0 Å². The zero-order valence-corrected chi connectivity index (χ0v) is 11.2. The summed E-state index contributed by atoms with van der Waals surface area (Å²) in [5.41, 5.74) is 0. The number of piperidine rings is 1. The smallest absolute Gasteiger partial charge is 0.0128 e. The summed E-state index contributed by atoms with van der Waals surface area (Å²) >= 11 is 0. The maximum atomic E-state index is 3.75. The molecule has 1 N–H and O–H groups in total. The van der Waals surface area contributed by atoms with Gasteiger partial charge in [0.15, 0.2) is 0 Å². The third kappa shape index (κ3) is 2.60. The van der Waals surface area contributed by atoms with E-state index in [9.17, 15) is 0 Å². The van der Waals surface area contributed by atoms with Gasteiger partial charge in [0.25, 0.3) is 0 Å². The van der Waals surface area contributed by atoms with Crippen molar-refractivity contribution in [1.29, 1.82) is 0 Å². The van der Waals surface area contributed by atoms with E-state index in [0.717, 1.165) is 24.2 Å². The van der Waals surface area contributed by atoms with Gasteiger partial charge in [0.05, 0.1) is 0 Å². The quantitative estimate of drug-likeness (QED) is 0.772. The lowest BCUT2D eigenvalue weighted by Gasteiger charge is -2.41. The fraction of sp³-hybridized carbons (Fsp3) is 1.00. The Morgan fingerprint density at radius 2 is 1.81 bits per heavy atom. The zero-order chi connectivity index (χ0) is 11.5. The highest BCUT2D eigenvalue weighted by atomic mass is 15.2. The van der Waals surface area contributed by atoms with E-state index in [1.54, 1.807) is 0 Å². The van der Waals surface area contributed by atoms with E-state index in [0.29, 0.717) is 0 Å². The molecule has 2 aliphatic rings. The van der Waals surface area contributed by atoms with E-state index >= 15 is 0 Å². The molecule has 0 amide bonds. The van der Waals surface area contributed by atoms with Crippen molar-refractivity contribution in [2.45, 2.75) is 83.5 Å². The van der Waals surface area contributed by atoms with Crippen molar-refractivity contribution in [2.24, 2.45) is 0 Å². The Morgan fingerprint density at radius 3 is 2.31 bits per heavy atom. The summed E-state index contributed by atoms with van der Waals surface area (Å²) in [5.74, 6) is 0. The monoisotopic (exact) mass is 224 g/mol. The molecule has 0 aromatic carbocycles. The topological polar surface area (TPSA) is 15.3 Å². The molecule has 0 saturated carbocycles. The maximum Gasteiger partial charge on any atom is 0.0128 e. The van der Waals surface area contributed by atoms with Crippen LogP contribution in [-0.2, 0) is 0 Å². The van der Waals surface area contributed by atoms with Gasteiger partial charge in [-0.1, -0.05) is 13.8 Å². The van der Waals surface area contributed by atoms with E-state index in [1.807, 2.05) is 0 Å². The molecule has 2 fully saturated rings. The van der Waals surface area contributed by atoms with Crippen LogP contribution in [0.15, 0.2) is 0 Å². The first-order valence-electron chi connectivity index (χ1n) is 7.26. The fourth-order valence-corrected chi connectivity index (χ4v) is 3.55. The molecule has 2 rings (SSSR count). The van der Waals surface area contributed by atoms with Crippen LogP contribution in [0.1, 0.15) is 59.3 Å². The van der Waals surface area contributed by atoms with Crippen molar-refractivity contribution in [3.63, 3.8) is 0 Å². The molecule has 2 nitrogen and oxygen atoms in total. The van der Waals surface area contributed by atoms with E-state index < -0.39 is 0 Å². The molecule has 16 heavy (non-hydrogen) atoms. The van der Waals surface area contributed by atoms with E-state index in [2.05, 4.69) is 31.0 Å². The molecule has 2 heteroatoms. The Labute approximate surface area is 101 Å². The van der Waals surface area contributed by atoms with Crippen LogP contribution in [0.3, 0.4) is 0 Å². The normalized spacial score (nSPS) is 35.6. The average Bonchev–Trinajstić information content (AvgIpc) is 2.64. The van der Waals surface area contributed by atoms with Gasteiger partial charge < -0.3 is 5.32 Å². The summed E-state index contributed by atoms with van der Waals surface area (Å²) in [6.07, 6.45) is 8.20.